The lowest BCUT2D eigenvalue weighted by Crippen LogP contribution is -1.95. The van der Waals surface area contributed by atoms with E-state index in [-0.39, 0.29) is 5.82 Å². The molecule has 0 bridgehead atoms. The molecule has 1 aromatic heterocycles. The van der Waals surface area contributed by atoms with Crippen molar-refractivity contribution in [1.82, 2.24) is 4.57 Å². The van der Waals surface area contributed by atoms with Crippen molar-refractivity contribution in [2.45, 2.75) is 19.9 Å². The number of nitrogens with zero attached hydrogens (tertiary/aromatic N) is 2. The molecule has 0 saturated carbocycles. The normalized spacial score (nSPS) is 11.5. The third-order valence-electron chi connectivity index (χ3n) is 2.54. The van der Waals surface area contributed by atoms with Gasteiger partial charge in [0, 0.05) is 30.2 Å². The standard InChI is InChI=1S/C14H15FN2/c1-11(2)17-8-7-12(10-17)9-16-14-6-4-3-5-13(14)15/h3-11H,1-2H3. The van der Waals surface area contributed by atoms with Gasteiger partial charge in [-0.1, -0.05) is 12.1 Å². The minimum absolute atomic E-state index is 0.299. The Morgan fingerprint density at radius 1 is 1.24 bits per heavy atom. The second-order valence-corrected chi connectivity index (χ2v) is 4.20. The van der Waals surface area contributed by atoms with E-state index < -0.39 is 0 Å². The molecule has 88 valence electrons. The van der Waals surface area contributed by atoms with E-state index in [1.54, 1.807) is 24.4 Å². The average Bonchev–Trinajstić information content (AvgIpc) is 2.77. The van der Waals surface area contributed by atoms with Gasteiger partial charge in [-0.2, -0.15) is 0 Å². The Kier molecular flexibility index (Phi) is 3.38. The minimum atomic E-state index is -0.299. The van der Waals surface area contributed by atoms with Crippen LogP contribution in [0.2, 0.25) is 0 Å². The molecule has 1 aromatic carbocycles. The van der Waals surface area contributed by atoms with Crippen molar-refractivity contribution in [2.75, 3.05) is 0 Å². The van der Waals surface area contributed by atoms with Crippen LogP contribution in [0, 0.1) is 5.82 Å². The lowest BCUT2D eigenvalue weighted by Gasteiger charge is -2.04. The van der Waals surface area contributed by atoms with Gasteiger partial charge < -0.3 is 4.57 Å². The third-order valence-corrected chi connectivity index (χ3v) is 2.54. The van der Waals surface area contributed by atoms with Gasteiger partial charge in [-0.3, -0.25) is 4.99 Å². The summed E-state index contributed by atoms with van der Waals surface area (Å²) < 4.78 is 15.4. The first-order chi connectivity index (χ1) is 8.16. The molecular weight excluding hydrogens is 215 g/mol. The Morgan fingerprint density at radius 2 is 2.00 bits per heavy atom. The van der Waals surface area contributed by atoms with Crippen molar-refractivity contribution < 1.29 is 4.39 Å². The predicted octanol–water partition coefficient (Wildman–Crippen LogP) is 3.96. The van der Waals surface area contributed by atoms with Gasteiger partial charge in [-0.05, 0) is 32.0 Å². The topological polar surface area (TPSA) is 17.3 Å². The first kappa shape index (κ1) is 11.6. The van der Waals surface area contributed by atoms with E-state index in [9.17, 15) is 4.39 Å². The van der Waals surface area contributed by atoms with Crippen molar-refractivity contribution in [2.24, 2.45) is 4.99 Å². The highest BCUT2D eigenvalue weighted by molar-refractivity contribution is 5.81. The van der Waals surface area contributed by atoms with Crippen LogP contribution in [-0.2, 0) is 0 Å². The highest BCUT2D eigenvalue weighted by Crippen LogP contribution is 2.16. The highest BCUT2D eigenvalue weighted by Gasteiger charge is 1.99. The fraction of sp³-hybridized carbons (Fsp3) is 0.214. The summed E-state index contributed by atoms with van der Waals surface area (Å²) in [6.07, 6.45) is 5.67. The number of rotatable bonds is 3. The average molecular weight is 230 g/mol. The van der Waals surface area contributed by atoms with E-state index in [0.717, 1.165) is 5.56 Å². The summed E-state index contributed by atoms with van der Waals surface area (Å²) in [6, 6.07) is 8.88. The minimum Gasteiger partial charge on any atom is -0.351 e. The molecule has 0 atom stereocenters. The molecular formula is C14H15FN2. The Hall–Kier alpha value is -1.90. The summed E-state index contributed by atoms with van der Waals surface area (Å²) in [5.74, 6) is -0.299. The third kappa shape index (κ3) is 2.81. The van der Waals surface area contributed by atoms with Gasteiger partial charge in [0.2, 0.25) is 0 Å². The van der Waals surface area contributed by atoms with E-state index in [4.69, 9.17) is 0 Å². The molecule has 3 heteroatoms. The largest absolute Gasteiger partial charge is 0.351 e. The molecule has 0 unspecified atom stereocenters. The van der Waals surface area contributed by atoms with Gasteiger partial charge in [0.1, 0.15) is 5.82 Å². The zero-order chi connectivity index (χ0) is 12.3. The summed E-state index contributed by atoms with van der Waals surface area (Å²) in [5.41, 5.74) is 1.34. The second-order valence-electron chi connectivity index (χ2n) is 4.20. The number of benzene rings is 1. The molecule has 0 radical (unpaired) electrons. The number of aromatic nitrogens is 1. The van der Waals surface area contributed by atoms with E-state index in [1.807, 2.05) is 18.5 Å². The predicted molar refractivity (Wildman–Crippen MR) is 68.5 cm³/mol. The van der Waals surface area contributed by atoms with Crippen LogP contribution in [0.15, 0.2) is 47.7 Å². The Bertz CT molecular complexity index is 527. The zero-order valence-corrected chi connectivity index (χ0v) is 9.97. The lowest BCUT2D eigenvalue weighted by molar-refractivity contribution is 0.603. The number of halogens is 1. The molecule has 0 spiro atoms. The Labute approximate surface area is 100 Å². The Morgan fingerprint density at radius 3 is 2.65 bits per heavy atom. The molecule has 0 aliphatic rings. The lowest BCUT2D eigenvalue weighted by atomic mass is 10.3. The van der Waals surface area contributed by atoms with Crippen LogP contribution in [-0.4, -0.2) is 10.8 Å². The molecule has 0 amide bonds. The van der Waals surface area contributed by atoms with Crippen LogP contribution in [0.3, 0.4) is 0 Å². The fourth-order valence-electron chi connectivity index (χ4n) is 1.53. The van der Waals surface area contributed by atoms with Crippen molar-refractivity contribution >= 4 is 11.9 Å². The number of para-hydroxylation sites is 1. The SMILES string of the molecule is CC(C)n1ccc(C=Nc2ccccc2F)c1. The molecule has 0 aliphatic carbocycles. The van der Waals surface area contributed by atoms with Crippen LogP contribution in [0.1, 0.15) is 25.5 Å². The van der Waals surface area contributed by atoms with Crippen LogP contribution in [0.5, 0.6) is 0 Å². The van der Waals surface area contributed by atoms with E-state index in [1.165, 1.54) is 6.07 Å². The molecule has 2 nitrogen and oxygen atoms in total. The summed E-state index contributed by atoms with van der Waals surface area (Å²) in [6.45, 7) is 4.22. The first-order valence-electron chi connectivity index (χ1n) is 5.63. The monoisotopic (exact) mass is 230 g/mol. The summed E-state index contributed by atoms with van der Waals surface area (Å²) in [4.78, 5) is 4.14. The maximum Gasteiger partial charge on any atom is 0.148 e. The fourth-order valence-corrected chi connectivity index (χ4v) is 1.53. The van der Waals surface area contributed by atoms with Gasteiger partial charge in [-0.15, -0.1) is 0 Å². The van der Waals surface area contributed by atoms with Crippen molar-refractivity contribution in [1.29, 1.82) is 0 Å². The summed E-state index contributed by atoms with van der Waals surface area (Å²) in [7, 11) is 0. The number of aliphatic imine (C=N–C) groups is 1. The molecule has 2 rings (SSSR count). The summed E-state index contributed by atoms with van der Waals surface area (Å²) in [5, 5.41) is 0. The second kappa shape index (κ2) is 4.95. The van der Waals surface area contributed by atoms with E-state index in [0.29, 0.717) is 11.7 Å². The molecule has 2 aromatic rings. The van der Waals surface area contributed by atoms with Gasteiger partial charge in [-0.25, -0.2) is 4.39 Å². The number of hydrogen-bond acceptors (Lipinski definition) is 1. The summed E-state index contributed by atoms with van der Waals surface area (Å²) >= 11 is 0. The smallest absolute Gasteiger partial charge is 0.148 e. The quantitative estimate of drug-likeness (QED) is 0.710. The number of hydrogen-bond donors (Lipinski definition) is 0. The van der Waals surface area contributed by atoms with Gasteiger partial charge in [0.05, 0.1) is 5.69 Å². The maximum absolute atomic E-state index is 13.3. The van der Waals surface area contributed by atoms with Crippen molar-refractivity contribution in [3.63, 3.8) is 0 Å². The molecule has 17 heavy (non-hydrogen) atoms. The molecule has 1 heterocycles. The molecule has 0 fully saturated rings. The zero-order valence-electron chi connectivity index (χ0n) is 9.97. The van der Waals surface area contributed by atoms with E-state index in [2.05, 4.69) is 23.4 Å². The van der Waals surface area contributed by atoms with Crippen LogP contribution >= 0.6 is 0 Å². The van der Waals surface area contributed by atoms with E-state index >= 15 is 0 Å². The van der Waals surface area contributed by atoms with Crippen LogP contribution in [0.25, 0.3) is 0 Å². The molecule has 0 aliphatic heterocycles. The molecule has 0 saturated heterocycles. The first-order valence-corrected chi connectivity index (χ1v) is 5.63. The van der Waals surface area contributed by atoms with Crippen LogP contribution < -0.4 is 0 Å². The van der Waals surface area contributed by atoms with Crippen molar-refractivity contribution in [3.05, 3.63) is 54.1 Å². The Balaban J connectivity index is 2.18. The van der Waals surface area contributed by atoms with Crippen LogP contribution in [0.4, 0.5) is 10.1 Å². The van der Waals surface area contributed by atoms with Gasteiger partial charge in [0.15, 0.2) is 0 Å². The van der Waals surface area contributed by atoms with Gasteiger partial charge in [0.25, 0.3) is 0 Å². The molecule has 0 N–H and O–H groups in total. The highest BCUT2D eigenvalue weighted by atomic mass is 19.1. The van der Waals surface area contributed by atoms with Crippen molar-refractivity contribution in [3.8, 4) is 0 Å². The maximum atomic E-state index is 13.3. The van der Waals surface area contributed by atoms with Gasteiger partial charge >= 0.3 is 0 Å².